The first-order valence-corrected chi connectivity index (χ1v) is 8.90. The molecule has 3 aliphatic carbocycles. The normalized spacial score (nSPS) is 37.4. The van der Waals surface area contributed by atoms with Crippen molar-refractivity contribution in [2.24, 2.45) is 23.2 Å². The molecule has 4 nitrogen and oxygen atoms in total. The molecule has 0 aromatic heterocycles. The van der Waals surface area contributed by atoms with Crippen LogP contribution in [0.5, 0.6) is 0 Å². The zero-order valence-corrected chi connectivity index (χ0v) is 14.8. The Morgan fingerprint density at radius 1 is 1.27 bits per heavy atom. The molecule has 126 valence electrons. The number of nitrogens with one attached hydrogen (secondary N) is 1. The lowest BCUT2D eigenvalue weighted by molar-refractivity contribution is -0.128. The third kappa shape index (κ3) is 2.75. The Morgan fingerprint density at radius 3 is 2.59 bits per heavy atom. The van der Waals surface area contributed by atoms with E-state index in [1.54, 1.807) is 0 Å². The highest BCUT2D eigenvalue weighted by Gasteiger charge is 2.56. The monoisotopic (exact) mass is 308 g/mol. The van der Waals surface area contributed by atoms with Gasteiger partial charge in [-0.1, -0.05) is 13.8 Å². The zero-order chi connectivity index (χ0) is 16.1. The highest BCUT2D eigenvalue weighted by Crippen LogP contribution is 2.62. The van der Waals surface area contributed by atoms with Crippen molar-refractivity contribution in [3.8, 4) is 0 Å². The molecule has 1 heterocycles. The first-order chi connectivity index (χ1) is 10.2. The van der Waals surface area contributed by atoms with Crippen LogP contribution in [0.1, 0.15) is 53.9 Å². The lowest BCUT2D eigenvalue weighted by atomic mass is 9.44. The summed E-state index contributed by atoms with van der Waals surface area (Å²) in [6.45, 7) is 13.2. The molecule has 2 unspecified atom stereocenters. The van der Waals surface area contributed by atoms with Gasteiger partial charge in [0.1, 0.15) is 5.60 Å². The van der Waals surface area contributed by atoms with Gasteiger partial charge >= 0.3 is 6.09 Å². The summed E-state index contributed by atoms with van der Waals surface area (Å²) in [7, 11) is 0. The van der Waals surface area contributed by atoms with Crippen molar-refractivity contribution in [3.63, 3.8) is 0 Å². The molecule has 0 radical (unpaired) electrons. The van der Waals surface area contributed by atoms with Crippen LogP contribution in [0, 0.1) is 23.2 Å². The second-order valence-corrected chi connectivity index (χ2v) is 9.05. The van der Waals surface area contributed by atoms with Crippen LogP contribution in [0.15, 0.2) is 0 Å². The molecule has 1 aliphatic heterocycles. The van der Waals surface area contributed by atoms with Crippen molar-refractivity contribution in [1.82, 2.24) is 10.2 Å². The number of amides is 1. The van der Waals surface area contributed by atoms with E-state index in [1.807, 2.05) is 25.7 Å². The van der Waals surface area contributed by atoms with Gasteiger partial charge in [0.2, 0.25) is 0 Å². The summed E-state index contributed by atoms with van der Waals surface area (Å²) >= 11 is 0. The highest BCUT2D eigenvalue weighted by molar-refractivity contribution is 5.68. The molecule has 1 saturated heterocycles. The van der Waals surface area contributed by atoms with Gasteiger partial charge in [-0.3, -0.25) is 0 Å². The van der Waals surface area contributed by atoms with Gasteiger partial charge in [-0.25, -0.2) is 4.79 Å². The number of nitrogens with zero attached hydrogens (tertiary/aromatic N) is 1. The molecule has 22 heavy (non-hydrogen) atoms. The SMILES string of the molecule is CC(C)(C)OC(=O)N1CCNCC1C1CC[C@H]2C[C@@H]1C2(C)C. The second-order valence-electron chi connectivity index (χ2n) is 9.05. The Hall–Kier alpha value is -0.770. The molecule has 4 aliphatic rings. The summed E-state index contributed by atoms with van der Waals surface area (Å²) in [5, 5.41) is 3.50. The topological polar surface area (TPSA) is 41.6 Å². The number of hydrogen-bond acceptors (Lipinski definition) is 3. The molecule has 2 bridgehead atoms. The van der Waals surface area contributed by atoms with Crippen molar-refractivity contribution in [3.05, 3.63) is 0 Å². The average Bonchev–Trinajstić information content (AvgIpc) is 2.45. The van der Waals surface area contributed by atoms with Gasteiger partial charge in [0.25, 0.3) is 0 Å². The Bertz CT molecular complexity index is 439. The minimum atomic E-state index is -0.417. The molecular weight excluding hydrogens is 276 g/mol. The molecule has 4 heteroatoms. The fourth-order valence-corrected chi connectivity index (χ4v) is 4.98. The Balaban J connectivity index is 1.74. The molecule has 0 aromatic carbocycles. The predicted molar refractivity (Wildman–Crippen MR) is 87.7 cm³/mol. The first-order valence-electron chi connectivity index (χ1n) is 8.90. The van der Waals surface area contributed by atoms with Crippen LogP contribution >= 0.6 is 0 Å². The summed E-state index contributed by atoms with van der Waals surface area (Å²) in [5.41, 5.74) is 0.0415. The van der Waals surface area contributed by atoms with E-state index >= 15 is 0 Å². The van der Waals surface area contributed by atoms with Crippen LogP contribution < -0.4 is 5.32 Å². The number of piperazine rings is 1. The summed E-state index contributed by atoms with van der Waals surface area (Å²) < 4.78 is 5.66. The third-order valence-corrected chi connectivity index (χ3v) is 6.32. The van der Waals surface area contributed by atoms with E-state index < -0.39 is 5.60 Å². The van der Waals surface area contributed by atoms with Gasteiger partial charge < -0.3 is 15.0 Å². The minimum Gasteiger partial charge on any atom is -0.444 e. The number of rotatable bonds is 1. The van der Waals surface area contributed by atoms with Gasteiger partial charge in [-0.2, -0.15) is 0 Å². The standard InChI is InChI=1S/C18H32N2O2/c1-17(2,3)22-16(21)20-9-8-19-11-15(20)13-7-6-12-10-14(13)18(12,4)5/h12-15,19H,6-11H2,1-5H3/t12-,13?,14-,15?/m0/s1. The zero-order valence-electron chi connectivity index (χ0n) is 14.8. The number of fused-ring (bicyclic) bond motifs is 2. The van der Waals surface area contributed by atoms with Gasteiger partial charge in [0, 0.05) is 19.6 Å². The minimum absolute atomic E-state index is 0.127. The van der Waals surface area contributed by atoms with Crippen LogP contribution in [-0.2, 0) is 4.74 Å². The molecule has 0 aromatic rings. The van der Waals surface area contributed by atoms with Crippen LogP contribution in [0.25, 0.3) is 0 Å². The van der Waals surface area contributed by atoms with Gasteiger partial charge in [0.15, 0.2) is 0 Å². The van der Waals surface area contributed by atoms with Gasteiger partial charge in [0.05, 0.1) is 6.04 Å². The van der Waals surface area contributed by atoms with Crippen molar-refractivity contribution < 1.29 is 9.53 Å². The smallest absolute Gasteiger partial charge is 0.410 e. The molecule has 1 N–H and O–H groups in total. The first kappa shape index (κ1) is 16.1. The fourth-order valence-electron chi connectivity index (χ4n) is 4.98. The number of hydrogen-bond donors (Lipinski definition) is 1. The summed E-state index contributed by atoms with van der Waals surface area (Å²) in [4.78, 5) is 14.6. The quantitative estimate of drug-likeness (QED) is 0.808. The Kier molecular flexibility index (Phi) is 3.95. The number of carbonyl (C=O) groups excluding carboxylic acids is 1. The lowest BCUT2D eigenvalue weighted by Gasteiger charge is -2.62. The predicted octanol–water partition coefficient (Wildman–Crippen LogP) is 3.27. The Morgan fingerprint density at radius 2 is 2.00 bits per heavy atom. The maximum Gasteiger partial charge on any atom is 0.410 e. The average molecular weight is 308 g/mol. The molecule has 3 saturated carbocycles. The van der Waals surface area contributed by atoms with Crippen LogP contribution in [0.2, 0.25) is 0 Å². The lowest BCUT2D eigenvalue weighted by Crippen LogP contribution is -2.63. The molecule has 4 fully saturated rings. The van der Waals surface area contributed by atoms with E-state index in [-0.39, 0.29) is 6.09 Å². The van der Waals surface area contributed by atoms with Crippen molar-refractivity contribution in [2.75, 3.05) is 19.6 Å². The van der Waals surface area contributed by atoms with E-state index in [2.05, 4.69) is 19.2 Å². The molecular formula is C18H32N2O2. The van der Waals surface area contributed by atoms with E-state index in [4.69, 9.17) is 4.74 Å². The van der Waals surface area contributed by atoms with E-state index in [0.717, 1.165) is 31.5 Å². The number of ether oxygens (including phenoxy) is 1. The second kappa shape index (κ2) is 5.40. The molecule has 1 amide bonds. The van der Waals surface area contributed by atoms with Crippen LogP contribution in [0.4, 0.5) is 4.79 Å². The van der Waals surface area contributed by atoms with Crippen LogP contribution in [-0.4, -0.2) is 42.3 Å². The fraction of sp³-hybridized carbons (Fsp3) is 0.944. The van der Waals surface area contributed by atoms with E-state index in [0.29, 0.717) is 17.4 Å². The van der Waals surface area contributed by atoms with Gasteiger partial charge in [-0.05, 0) is 63.2 Å². The summed E-state index contributed by atoms with van der Waals surface area (Å²) in [6.07, 6.45) is 3.83. The molecule has 4 rings (SSSR count). The largest absolute Gasteiger partial charge is 0.444 e. The van der Waals surface area contributed by atoms with E-state index in [9.17, 15) is 4.79 Å². The van der Waals surface area contributed by atoms with Crippen molar-refractivity contribution >= 4 is 6.09 Å². The summed E-state index contributed by atoms with van der Waals surface area (Å²) in [6, 6.07) is 0.300. The third-order valence-electron chi connectivity index (χ3n) is 6.32. The number of carbonyl (C=O) groups is 1. The maximum atomic E-state index is 12.6. The maximum absolute atomic E-state index is 12.6. The van der Waals surface area contributed by atoms with E-state index in [1.165, 1.54) is 19.3 Å². The summed E-state index contributed by atoms with van der Waals surface area (Å²) in [5.74, 6) is 2.29. The van der Waals surface area contributed by atoms with Crippen molar-refractivity contribution in [2.45, 2.75) is 65.5 Å². The Labute approximate surface area is 135 Å². The van der Waals surface area contributed by atoms with Crippen LogP contribution in [0.3, 0.4) is 0 Å². The molecule has 4 atom stereocenters. The molecule has 0 spiro atoms. The van der Waals surface area contributed by atoms with Crippen molar-refractivity contribution in [1.29, 1.82) is 0 Å². The highest BCUT2D eigenvalue weighted by atomic mass is 16.6. The van der Waals surface area contributed by atoms with Gasteiger partial charge in [-0.15, -0.1) is 0 Å².